The van der Waals surface area contributed by atoms with Gasteiger partial charge < -0.3 is 20.3 Å². The third-order valence-corrected chi connectivity index (χ3v) is 8.08. The molecule has 2 atom stereocenters. The molecule has 15 heteroatoms. The lowest BCUT2D eigenvalue weighted by molar-refractivity contribution is -0.135. The molecule has 4 N–H and O–H groups in total. The van der Waals surface area contributed by atoms with Crippen LogP contribution in [0.3, 0.4) is 0 Å². The normalized spacial score (nSPS) is 21.2. The topological polar surface area (TPSA) is 144 Å². The van der Waals surface area contributed by atoms with Crippen LogP contribution in [0, 0.1) is 0 Å². The summed E-state index contributed by atoms with van der Waals surface area (Å²) in [6.07, 6.45) is -0.327. The van der Waals surface area contributed by atoms with Crippen molar-refractivity contribution in [1.82, 2.24) is 15.6 Å². The molecule has 218 valence electrons. The van der Waals surface area contributed by atoms with Gasteiger partial charge in [0.1, 0.15) is 23.0 Å². The number of ether oxygens (including phenoxy) is 1. The summed E-state index contributed by atoms with van der Waals surface area (Å²) in [4.78, 5) is 31.3. The first-order valence-corrected chi connectivity index (χ1v) is 14.4. The van der Waals surface area contributed by atoms with E-state index in [4.69, 9.17) is 21.5 Å². The van der Waals surface area contributed by atoms with E-state index in [2.05, 4.69) is 15.2 Å². The van der Waals surface area contributed by atoms with Gasteiger partial charge in [-0.1, -0.05) is 11.6 Å². The Labute approximate surface area is 234 Å². The number of pyridine rings is 1. The summed E-state index contributed by atoms with van der Waals surface area (Å²) >= 11 is 5.91. The molecule has 10 nitrogen and oxygen atoms in total. The Morgan fingerprint density at radius 1 is 1.15 bits per heavy atom. The lowest BCUT2D eigenvalue weighted by Crippen LogP contribution is -2.55. The predicted octanol–water partition coefficient (Wildman–Crippen LogP) is 3.15. The molecule has 0 spiro atoms. The van der Waals surface area contributed by atoms with E-state index in [9.17, 15) is 31.2 Å². The fraction of sp³-hybridized carbons (Fsp3) is 0.480. The highest BCUT2D eigenvalue weighted by atomic mass is 35.5. The minimum atomic E-state index is -4.51. The second-order valence-electron chi connectivity index (χ2n) is 10.4. The number of sulfonamides is 1. The van der Waals surface area contributed by atoms with Gasteiger partial charge in [-0.05, 0) is 69.9 Å². The van der Waals surface area contributed by atoms with Crippen molar-refractivity contribution in [3.05, 3.63) is 47.1 Å². The van der Waals surface area contributed by atoms with E-state index in [1.54, 1.807) is 6.07 Å². The third-order valence-electron chi connectivity index (χ3n) is 6.92. The van der Waals surface area contributed by atoms with Crippen LogP contribution in [0.2, 0.25) is 5.02 Å². The first-order chi connectivity index (χ1) is 18.5. The Morgan fingerprint density at radius 3 is 2.35 bits per heavy atom. The van der Waals surface area contributed by atoms with Gasteiger partial charge in [-0.15, -0.1) is 0 Å². The van der Waals surface area contributed by atoms with Crippen LogP contribution in [0.1, 0.15) is 49.9 Å². The van der Waals surface area contributed by atoms with E-state index in [-0.39, 0.29) is 39.4 Å². The van der Waals surface area contributed by atoms with Gasteiger partial charge in [0, 0.05) is 29.3 Å². The molecule has 0 aliphatic carbocycles. The number of alkyl halides is 3. The van der Waals surface area contributed by atoms with Crippen LogP contribution in [-0.2, 0) is 14.8 Å². The molecule has 0 saturated carbocycles. The summed E-state index contributed by atoms with van der Waals surface area (Å²) < 4.78 is 66.9. The van der Waals surface area contributed by atoms with E-state index >= 15 is 0 Å². The first-order valence-electron chi connectivity index (χ1n) is 12.5. The number of piperidine rings is 1. The standard InChI is InChI=1S/C25H29ClF3N5O5S/c1-24(2,39-19-7-4-15(26)9-20(19)40(30,37)38)23(36)33-16-10-17-5-6-18(11-16)34(17)21-8-3-14(12-31-21)22(35)32-13-25(27,28)29/h3-4,7-9,12,16-18H,5-6,10-11,13H2,1-2H3,(H,32,35)(H,33,36)(H2,30,37,38). The summed E-state index contributed by atoms with van der Waals surface area (Å²) in [5, 5.41) is 10.3. The van der Waals surface area contributed by atoms with E-state index in [0.29, 0.717) is 18.7 Å². The summed E-state index contributed by atoms with van der Waals surface area (Å²) in [6, 6.07) is 6.90. The summed E-state index contributed by atoms with van der Waals surface area (Å²) in [7, 11) is -4.16. The average molecular weight is 604 g/mol. The van der Waals surface area contributed by atoms with Crippen LogP contribution in [0.15, 0.2) is 41.4 Å². The number of primary sulfonamides is 1. The second-order valence-corrected chi connectivity index (χ2v) is 12.4. The number of anilines is 1. The molecular weight excluding hydrogens is 575 g/mol. The number of benzene rings is 1. The maximum absolute atomic E-state index is 13.2. The molecule has 0 radical (unpaired) electrons. The molecule has 2 amide bonds. The molecule has 40 heavy (non-hydrogen) atoms. The number of carbonyl (C=O) groups excluding carboxylic acids is 2. The first kappa shape index (κ1) is 29.9. The van der Waals surface area contributed by atoms with E-state index in [1.807, 2.05) is 5.32 Å². The number of fused-ring (bicyclic) bond motifs is 2. The fourth-order valence-electron chi connectivity index (χ4n) is 5.09. The van der Waals surface area contributed by atoms with Gasteiger partial charge in [-0.3, -0.25) is 9.59 Å². The van der Waals surface area contributed by atoms with Crippen molar-refractivity contribution in [1.29, 1.82) is 0 Å². The second kappa shape index (κ2) is 11.1. The summed E-state index contributed by atoms with van der Waals surface area (Å²) in [6.45, 7) is 1.61. The van der Waals surface area contributed by atoms with Crippen LogP contribution in [0.25, 0.3) is 0 Å². The van der Waals surface area contributed by atoms with Gasteiger partial charge in [-0.25, -0.2) is 18.5 Å². The summed E-state index contributed by atoms with van der Waals surface area (Å²) in [5.41, 5.74) is -1.41. The highest BCUT2D eigenvalue weighted by Crippen LogP contribution is 2.39. The highest BCUT2D eigenvalue weighted by molar-refractivity contribution is 7.89. The molecule has 2 unspecified atom stereocenters. The molecule has 1 aromatic heterocycles. The maximum Gasteiger partial charge on any atom is 0.405 e. The van der Waals surface area contributed by atoms with Gasteiger partial charge in [0.2, 0.25) is 10.0 Å². The summed E-state index contributed by atoms with van der Waals surface area (Å²) in [5.74, 6) is -0.788. The molecule has 1 aromatic carbocycles. The van der Waals surface area contributed by atoms with Crippen molar-refractivity contribution in [2.75, 3.05) is 11.4 Å². The Bertz CT molecular complexity index is 1370. The quantitative estimate of drug-likeness (QED) is 0.420. The van der Waals surface area contributed by atoms with Crippen LogP contribution < -0.4 is 25.4 Å². The molecule has 3 heterocycles. The highest BCUT2D eigenvalue weighted by Gasteiger charge is 2.43. The van der Waals surface area contributed by atoms with Crippen LogP contribution in [0.5, 0.6) is 5.75 Å². The van der Waals surface area contributed by atoms with E-state index < -0.39 is 40.2 Å². The van der Waals surface area contributed by atoms with Crippen LogP contribution >= 0.6 is 11.6 Å². The molecule has 2 saturated heterocycles. The number of hydrogen-bond donors (Lipinski definition) is 3. The van der Waals surface area contributed by atoms with Gasteiger partial charge in [0.25, 0.3) is 11.8 Å². The van der Waals surface area contributed by atoms with Crippen LogP contribution in [-0.4, -0.2) is 61.7 Å². The number of carbonyl (C=O) groups is 2. The Balaban J connectivity index is 1.39. The zero-order valence-electron chi connectivity index (χ0n) is 21.7. The van der Waals surface area contributed by atoms with Gasteiger partial charge in [0.15, 0.2) is 5.60 Å². The number of hydrogen-bond acceptors (Lipinski definition) is 7. The minimum absolute atomic E-state index is 0.0241. The number of amides is 2. The van der Waals surface area contributed by atoms with E-state index in [0.717, 1.165) is 18.9 Å². The largest absolute Gasteiger partial charge is 0.477 e. The van der Waals surface area contributed by atoms with Crippen molar-refractivity contribution < 1.29 is 35.9 Å². The number of rotatable bonds is 8. The smallest absolute Gasteiger partial charge is 0.405 e. The van der Waals surface area contributed by atoms with E-state index in [1.165, 1.54) is 38.2 Å². The molecule has 2 aliphatic heterocycles. The minimum Gasteiger partial charge on any atom is -0.477 e. The number of nitrogens with zero attached hydrogens (tertiary/aromatic N) is 2. The molecular formula is C25H29ClF3N5O5S. The lowest BCUT2D eigenvalue weighted by Gasteiger charge is -2.40. The zero-order chi connectivity index (χ0) is 29.5. The van der Waals surface area contributed by atoms with Gasteiger partial charge >= 0.3 is 6.18 Å². The molecule has 2 aromatic rings. The monoisotopic (exact) mass is 603 g/mol. The predicted molar refractivity (Wildman–Crippen MR) is 141 cm³/mol. The van der Waals surface area contributed by atoms with Crippen LogP contribution in [0.4, 0.5) is 19.0 Å². The SMILES string of the molecule is CC(C)(Oc1ccc(Cl)cc1S(N)(=O)=O)C(=O)NC1CC2CCC(C1)N2c1ccc(C(=O)NCC(F)(F)F)cn1. The number of halogens is 4. The molecule has 2 fully saturated rings. The molecule has 4 rings (SSSR count). The Kier molecular flexibility index (Phi) is 8.25. The van der Waals surface area contributed by atoms with Gasteiger partial charge in [0.05, 0.1) is 5.56 Å². The van der Waals surface area contributed by atoms with Gasteiger partial charge in [-0.2, -0.15) is 13.2 Å². The molecule has 2 aliphatic rings. The molecule has 2 bridgehead atoms. The maximum atomic E-state index is 13.2. The third kappa shape index (κ3) is 6.96. The van der Waals surface area contributed by atoms with Crippen molar-refractivity contribution in [2.45, 2.75) is 74.3 Å². The number of aromatic nitrogens is 1. The number of nitrogens with one attached hydrogen (secondary N) is 2. The van der Waals surface area contributed by atoms with Crippen molar-refractivity contribution in [3.8, 4) is 5.75 Å². The Hall–Kier alpha value is -3.10. The Morgan fingerprint density at radius 2 is 1.80 bits per heavy atom. The number of nitrogens with two attached hydrogens (primary N) is 1. The van der Waals surface area contributed by atoms with Crippen molar-refractivity contribution in [2.24, 2.45) is 5.14 Å². The van der Waals surface area contributed by atoms with Crippen molar-refractivity contribution >= 4 is 39.3 Å². The average Bonchev–Trinajstić information content (AvgIpc) is 3.12. The zero-order valence-corrected chi connectivity index (χ0v) is 23.2. The fourth-order valence-corrected chi connectivity index (χ4v) is 6.01. The lowest BCUT2D eigenvalue weighted by atomic mass is 9.96. The van der Waals surface area contributed by atoms with Crippen molar-refractivity contribution in [3.63, 3.8) is 0 Å².